The molecule has 0 saturated carbocycles. The minimum absolute atomic E-state index is 0.0892. The van der Waals surface area contributed by atoms with Crippen LogP contribution in [0.15, 0.2) is 55.4 Å². The number of carbonyl (C=O) groups is 1. The van der Waals surface area contributed by atoms with Crippen LogP contribution >= 0.6 is 23.2 Å². The molecule has 0 spiro atoms. The van der Waals surface area contributed by atoms with Crippen LogP contribution in [0.1, 0.15) is 30.9 Å². The van der Waals surface area contributed by atoms with Crippen LogP contribution in [0.5, 0.6) is 5.75 Å². The first-order valence-corrected chi connectivity index (χ1v) is 14.6. The Balaban J connectivity index is 1.42. The molecule has 0 radical (unpaired) electrons. The number of aromatic nitrogens is 2. The van der Waals surface area contributed by atoms with Crippen molar-refractivity contribution in [2.75, 3.05) is 61.5 Å². The average Bonchev–Trinajstić information content (AvgIpc) is 3.49. The Morgan fingerprint density at radius 2 is 1.88 bits per heavy atom. The largest absolute Gasteiger partial charge is 0.494 e. The van der Waals surface area contributed by atoms with Gasteiger partial charge < -0.3 is 25.2 Å². The van der Waals surface area contributed by atoms with E-state index in [1.807, 2.05) is 24.3 Å². The van der Waals surface area contributed by atoms with Gasteiger partial charge in [0.25, 0.3) is 0 Å². The van der Waals surface area contributed by atoms with Crippen LogP contribution in [0.3, 0.4) is 0 Å². The van der Waals surface area contributed by atoms with Crippen molar-refractivity contribution in [3.63, 3.8) is 0 Å². The number of methoxy groups -OCH3 is 1. The van der Waals surface area contributed by atoms with Gasteiger partial charge in [-0.15, -0.1) is 0 Å². The number of rotatable bonds is 9. The van der Waals surface area contributed by atoms with Gasteiger partial charge in [-0.2, -0.15) is 0 Å². The SMILES string of the molecule is C=CC(=O)Nc1cc(Nc2cc(N3OCCC3c3ccc(Cl)c(Cl)c3)ncn2)c(OC)cc1N1CCC(N(C)C)CC1. The van der Waals surface area contributed by atoms with Gasteiger partial charge in [0.05, 0.1) is 46.9 Å². The zero-order valence-corrected chi connectivity index (χ0v) is 25.5. The van der Waals surface area contributed by atoms with Crippen molar-refractivity contribution in [2.24, 2.45) is 0 Å². The topological polar surface area (TPSA) is 95.1 Å². The van der Waals surface area contributed by atoms with Crippen LogP contribution in [0.25, 0.3) is 0 Å². The lowest BCUT2D eigenvalue weighted by Gasteiger charge is -2.37. The molecule has 2 aromatic carbocycles. The van der Waals surface area contributed by atoms with E-state index in [1.165, 1.54) is 12.4 Å². The standard InChI is InChI=1S/C30H35Cl2N7O3/c1-5-30(40)36-23-15-24(27(41-4)16-26(23)38-11-8-20(9-12-38)37(2)3)35-28-17-29(34-18-33-28)39-25(10-13-42-39)19-6-7-21(31)22(32)14-19/h5-7,14-18,20,25H,1,8-13H2,2-4H3,(H,36,40)(H,33,34,35). The molecule has 42 heavy (non-hydrogen) atoms. The van der Waals surface area contributed by atoms with E-state index >= 15 is 0 Å². The van der Waals surface area contributed by atoms with Crippen LogP contribution in [0.2, 0.25) is 10.0 Å². The van der Waals surface area contributed by atoms with E-state index in [0.29, 0.717) is 51.5 Å². The van der Waals surface area contributed by atoms with Gasteiger partial charge >= 0.3 is 0 Å². The van der Waals surface area contributed by atoms with E-state index in [1.54, 1.807) is 24.3 Å². The van der Waals surface area contributed by atoms with E-state index in [-0.39, 0.29) is 11.9 Å². The first-order valence-electron chi connectivity index (χ1n) is 13.8. The average molecular weight is 613 g/mol. The number of benzene rings is 2. The summed E-state index contributed by atoms with van der Waals surface area (Å²) in [6.07, 6.45) is 5.54. The summed E-state index contributed by atoms with van der Waals surface area (Å²) in [5.41, 5.74) is 3.16. The number of ether oxygens (including phenoxy) is 1. The number of hydrogen-bond donors (Lipinski definition) is 2. The Morgan fingerprint density at radius 1 is 1.10 bits per heavy atom. The third kappa shape index (κ3) is 6.57. The Hall–Kier alpha value is -3.57. The van der Waals surface area contributed by atoms with Crippen molar-refractivity contribution in [3.8, 4) is 5.75 Å². The lowest BCUT2D eigenvalue weighted by atomic mass is 10.0. The van der Waals surface area contributed by atoms with E-state index in [9.17, 15) is 4.79 Å². The lowest BCUT2D eigenvalue weighted by molar-refractivity contribution is -0.111. The molecule has 3 aromatic rings. The number of halogens is 2. The third-order valence-corrected chi connectivity index (χ3v) is 8.41. The van der Waals surface area contributed by atoms with Gasteiger partial charge in [-0.05, 0) is 56.8 Å². The summed E-state index contributed by atoms with van der Waals surface area (Å²) in [6.45, 7) is 5.87. The fourth-order valence-corrected chi connectivity index (χ4v) is 5.70. The fraction of sp³-hybridized carbons (Fsp3) is 0.367. The molecule has 3 heterocycles. The molecule has 2 N–H and O–H groups in total. The van der Waals surface area contributed by atoms with Crippen molar-refractivity contribution in [2.45, 2.75) is 31.3 Å². The van der Waals surface area contributed by atoms with Crippen LogP contribution in [0, 0.1) is 0 Å². The van der Waals surface area contributed by atoms with E-state index in [0.717, 1.165) is 43.6 Å². The number of nitrogens with one attached hydrogen (secondary N) is 2. The Bertz CT molecular complexity index is 1450. The monoisotopic (exact) mass is 611 g/mol. The molecule has 1 aromatic heterocycles. The summed E-state index contributed by atoms with van der Waals surface area (Å²) in [5, 5.41) is 9.07. The second-order valence-electron chi connectivity index (χ2n) is 10.5. The molecule has 222 valence electrons. The third-order valence-electron chi connectivity index (χ3n) is 7.67. The summed E-state index contributed by atoms with van der Waals surface area (Å²) in [4.78, 5) is 31.8. The molecular weight excluding hydrogens is 577 g/mol. The van der Waals surface area contributed by atoms with Gasteiger partial charge in [-0.3, -0.25) is 9.63 Å². The number of hydroxylamine groups is 1. The number of piperidine rings is 1. The predicted molar refractivity (Wildman–Crippen MR) is 168 cm³/mol. The van der Waals surface area contributed by atoms with Crippen molar-refractivity contribution >= 4 is 57.8 Å². The number of amides is 1. The quantitative estimate of drug-likeness (QED) is 0.279. The van der Waals surface area contributed by atoms with Gasteiger partial charge in [0.15, 0.2) is 5.82 Å². The molecule has 2 aliphatic rings. The van der Waals surface area contributed by atoms with Gasteiger partial charge in [0.1, 0.15) is 17.9 Å². The molecule has 10 nitrogen and oxygen atoms in total. The molecule has 1 amide bonds. The molecule has 12 heteroatoms. The van der Waals surface area contributed by atoms with Gasteiger partial charge in [0.2, 0.25) is 5.91 Å². The number of carbonyl (C=O) groups excluding carboxylic acids is 1. The molecule has 1 unspecified atom stereocenters. The Morgan fingerprint density at radius 3 is 2.57 bits per heavy atom. The number of anilines is 5. The molecule has 5 rings (SSSR count). The Kier molecular flexibility index (Phi) is 9.37. The fourth-order valence-electron chi connectivity index (χ4n) is 5.40. The van der Waals surface area contributed by atoms with E-state index < -0.39 is 0 Å². The van der Waals surface area contributed by atoms with Crippen LogP contribution in [0.4, 0.5) is 28.7 Å². The smallest absolute Gasteiger partial charge is 0.247 e. The van der Waals surface area contributed by atoms with E-state index in [4.69, 9.17) is 32.8 Å². The van der Waals surface area contributed by atoms with Crippen LogP contribution < -0.4 is 25.3 Å². The molecule has 0 aliphatic carbocycles. The van der Waals surface area contributed by atoms with Gasteiger partial charge in [0, 0.05) is 37.7 Å². The highest BCUT2D eigenvalue weighted by molar-refractivity contribution is 6.42. The maximum Gasteiger partial charge on any atom is 0.247 e. The Labute approximate surface area is 256 Å². The summed E-state index contributed by atoms with van der Waals surface area (Å²) in [7, 11) is 5.85. The lowest BCUT2D eigenvalue weighted by Crippen LogP contribution is -2.42. The molecule has 2 saturated heterocycles. The molecular formula is C30H35Cl2N7O3. The summed E-state index contributed by atoms with van der Waals surface area (Å²) < 4.78 is 5.79. The predicted octanol–water partition coefficient (Wildman–Crippen LogP) is 6.07. The molecule has 1 atom stereocenters. The molecule has 2 aliphatic heterocycles. The first-order chi connectivity index (χ1) is 20.3. The molecule has 2 fully saturated rings. The van der Waals surface area contributed by atoms with Gasteiger partial charge in [-0.25, -0.2) is 15.0 Å². The minimum atomic E-state index is -0.292. The summed E-state index contributed by atoms with van der Waals surface area (Å²) >= 11 is 12.4. The maximum atomic E-state index is 12.4. The van der Waals surface area contributed by atoms with Crippen LogP contribution in [-0.2, 0) is 9.63 Å². The van der Waals surface area contributed by atoms with Gasteiger partial charge in [-0.1, -0.05) is 35.8 Å². The van der Waals surface area contributed by atoms with Crippen molar-refractivity contribution in [1.29, 1.82) is 0 Å². The second-order valence-corrected chi connectivity index (χ2v) is 11.3. The number of hydrogen-bond acceptors (Lipinski definition) is 9. The van der Waals surface area contributed by atoms with Crippen molar-refractivity contribution < 1.29 is 14.4 Å². The zero-order valence-electron chi connectivity index (χ0n) is 23.9. The van der Waals surface area contributed by atoms with E-state index in [2.05, 4.69) is 51.1 Å². The van der Waals surface area contributed by atoms with Crippen LogP contribution in [-0.4, -0.2) is 67.7 Å². The minimum Gasteiger partial charge on any atom is -0.494 e. The van der Waals surface area contributed by atoms with Crippen molar-refractivity contribution in [3.05, 3.63) is 71.0 Å². The summed E-state index contributed by atoms with van der Waals surface area (Å²) in [6, 6.07) is 11.6. The first kappa shape index (κ1) is 29.9. The molecule has 0 bridgehead atoms. The highest BCUT2D eigenvalue weighted by Gasteiger charge is 2.30. The highest BCUT2D eigenvalue weighted by atomic mass is 35.5. The maximum absolute atomic E-state index is 12.4. The highest BCUT2D eigenvalue weighted by Crippen LogP contribution is 2.41. The second kappa shape index (κ2) is 13.2. The summed E-state index contributed by atoms with van der Waals surface area (Å²) in [5.74, 6) is 1.44. The van der Waals surface area contributed by atoms with Crippen molar-refractivity contribution in [1.82, 2.24) is 14.9 Å². The number of nitrogens with zero attached hydrogens (tertiary/aromatic N) is 5. The zero-order chi connectivity index (χ0) is 29.8. The normalized spacial score (nSPS) is 17.4.